The zero-order valence-electron chi connectivity index (χ0n) is 14.3. The number of esters is 2. The Kier molecular flexibility index (Phi) is 12.2. The largest absolute Gasteiger partial charge is 0.466 e. The maximum absolute atomic E-state index is 12.2. The molecule has 0 aliphatic carbocycles. The van der Waals surface area contributed by atoms with E-state index in [9.17, 15) is 14.4 Å². The van der Waals surface area contributed by atoms with Gasteiger partial charge in [0.1, 0.15) is 6.04 Å². The number of nitrogens with zero attached hydrogens (tertiary/aromatic N) is 1. The number of rotatable bonds is 11. The summed E-state index contributed by atoms with van der Waals surface area (Å²) in [6.45, 7) is 5.83. The Bertz CT molecular complexity index is 377. The lowest BCUT2D eigenvalue weighted by atomic mass is 10.2. The van der Waals surface area contributed by atoms with Crippen molar-refractivity contribution in [3.63, 3.8) is 0 Å². The van der Waals surface area contributed by atoms with E-state index in [1.807, 2.05) is 6.26 Å². The van der Waals surface area contributed by atoms with Crippen LogP contribution >= 0.6 is 11.8 Å². The highest BCUT2D eigenvalue weighted by atomic mass is 32.2. The van der Waals surface area contributed by atoms with Crippen molar-refractivity contribution in [1.29, 1.82) is 0 Å². The van der Waals surface area contributed by atoms with Crippen molar-refractivity contribution >= 4 is 29.8 Å². The summed E-state index contributed by atoms with van der Waals surface area (Å²) in [4.78, 5) is 37.1. The van der Waals surface area contributed by atoms with Crippen molar-refractivity contribution in [2.24, 2.45) is 0 Å². The molecule has 0 radical (unpaired) electrons. The topological polar surface area (TPSA) is 82.1 Å². The summed E-state index contributed by atoms with van der Waals surface area (Å²) in [5, 5.41) is 0. The summed E-state index contributed by atoms with van der Waals surface area (Å²) in [5.41, 5.74) is 0. The van der Waals surface area contributed by atoms with Crippen LogP contribution in [0.15, 0.2) is 0 Å². The monoisotopic (exact) mass is 349 g/mol. The Morgan fingerprint density at radius 3 is 2.13 bits per heavy atom. The van der Waals surface area contributed by atoms with Crippen LogP contribution < -0.4 is 0 Å². The molecule has 0 aromatic heterocycles. The van der Waals surface area contributed by atoms with Gasteiger partial charge in [-0.2, -0.15) is 11.8 Å². The minimum absolute atomic E-state index is 0.00181. The highest BCUT2D eigenvalue weighted by Gasteiger charge is 2.32. The summed E-state index contributed by atoms with van der Waals surface area (Å²) < 4.78 is 14.9. The van der Waals surface area contributed by atoms with Crippen molar-refractivity contribution < 1.29 is 28.6 Å². The van der Waals surface area contributed by atoms with Gasteiger partial charge in [-0.25, -0.2) is 9.59 Å². The van der Waals surface area contributed by atoms with Gasteiger partial charge in [0.15, 0.2) is 0 Å². The Morgan fingerprint density at radius 1 is 1.00 bits per heavy atom. The predicted octanol–water partition coefficient (Wildman–Crippen LogP) is 2.08. The minimum atomic E-state index is -0.768. The van der Waals surface area contributed by atoms with Gasteiger partial charge >= 0.3 is 18.0 Å². The maximum atomic E-state index is 12.2. The second kappa shape index (κ2) is 13.0. The van der Waals surface area contributed by atoms with E-state index in [0.29, 0.717) is 12.2 Å². The number of ether oxygens (including phenoxy) is 3. The van der Waals surface area contributed by atoms with Gasteiger partial charge in [-0.3, -0.25) is 9.69 Å². The zero-order chi connectivity index (χ0) is 17.7. The average Bonchev–Trinajstić information content (AvgIpc) is 2.51. The lowest BCUT2D eigenvalue weighted by Crippen LogP contribution is -2.47. The summed E-state index contributed by atoms with van der Waals surface area (Å²) in [6, 6.07) is -0.768. The van der Waals surface area contributed by atoms with Gasteiger partial charge in [0.05, 0.1) is 26.2 Å². The van der Waals surface area contributed by atoms with Gasteiger partial charge in [0.2, 0.25) is 0 Å². The molecule has 0 spiro atoms. The second-order valence-corrected chi connectivity index (χ2v) is 5.48. The van der Waals surface area contributed by atoms with Crippen LogP contribution in [-0.4, -0.2) is 67.3 Å². The molecule has 8 heteroatoms. The molecule has 1 unspecified atom stereocenters. The molecule has 0 aliphatic heterocycles. The van der Waals surface area contributed by atoms with Crippen molar-refractivity contribution in [3.8, 4) is 0 Å². The molecule has 0 rings (SSSR count). The van der Waals surface area contributed by atoms with E-state index in [2.05, 4.69) is 0 Å². The highest BCUT2D eigenvalue weighted by Crippen LogP contribution is 2.13. The second-order valence-electron chi connectivity index (χ2n) is 4.50. The number of carbonyl (C=O) groups is 3. The molecule has 0 aromatic carbocycles. The SMILES string of the molecule is CCOC(=O)CCN(C(=O)OCC)C(CCSC)C(=O)OCC. The molecule has 0 N–H and O–H groups in total. The Balaban J connectivity index is 5.08. The molecule has 0 fully saturated rings. The molecular formula is C15H27NO6S. The highest BCUT2D eigenvalue weighted by molar-refractivity contribution is 7.98. The van der Waals surface area contributed by atoms with Crippen molar-refractivity contribution in [3.05, 3.63) is 0 Å². The molecule has 0 saturated heterocycles. The van der Waals surface area contributed by atoms with Gasteiger partial charge in [-0.05, 0) is 39.2 Å². The molecule has 1 atom stereocenters. The van der Waals surface area contributed by atoms with E-state index in [1.165, 1.54) is 4.90 Å². The van der Waals surface area contributed by atoms with Crippen LogP contribution in [0.4, 0.5) is 4.79 Å². The smallest absolute Gasteiger partial charge is 0.410 e. The third kappa shape index (κ3) is 8.68. The Hall–Kier alpha value is -1.44. The van der Waals surface area contributed by atoms with Crippen LogP contribution in [0.2, 0.25) is 0 Å². The number of thioether (sulfide) groups is 1. The summed E-state index contributed by atoms with van der Waals surface area (Å²) in [5.74, 6) is -0.230. The molecule has 0 saturated carbocycles. The van der Waals surface area contributed by atoms with Crippen LogP contribution in [0.25, 0.3) is 0 Å². The van der Waals surface area contributed by atoms with Crippen molar-refractivity contribution in [1.82, 2.24) is 4.90 Å². The van der Waals surface area contributed by atoms with Crippen LogP contribution in [0.3, 0.4) is 0 Å². The fraction of sp³-hybridized carbons (Fsp3) is 0.800. The van der Waals surface area contributed by atoms with Crippen LogP contribution in [0.5, 0.6) is 0 Å². The molecule has 0 aliphatic rings. The van der Waals surface area contributed by atoms with Gasteiger partial charge in [-0.1, -0.05) is 0 Å². The predicted molar refractivity (Wildman–Crippen MR) is 88.4 cm³/mol. The quantitative estimate of drug-likeness (QED) is 0.417. The van der Waals surface area contributed by atoms with Gasteiger partial charge in [0, 0.05) is 6.54 Å². The van der Waals surface area contributed by atoms with E-state index in [4.69, 9.17) is 14.2 Å². The van der Waals surface area contributed by atoms with E-state index >= 15 is 0 Å². The summed E-state index contributed by atoms with van der Waals surface area (Å²) in [7, 11) is 0. The normalized spacial score (nSPS) is 11.5. The van der Waals surface area contributed by atoms with Crippen LogP contribution in [-0.2, 0) is 23.8 Å². The van der Waals surface area contributed by atoms with E-state index in [1.54, 1.807) is 32.5 Å². The number of hydrogen-bond donors (Lipinski definition) is 0. The first-order valence-electron chi connectivity index (χ1n) is 7.76. The molecule has 1 amide bonds. The van der Waals surface area contributed by atoms with E-state index in [-0.39, 0.29) is 32.8 Å². The third-order valence-corrected chi connectivity index (χ3v) is 3.54. The Labute approximate surface area is 142 Å². The Morgan fingerprint density at radius 2 is 1.61 bits per heavy atom. The lowest BCUT2D eigenvalue weighted by Gasteiger charge is -2.29. The third-order valence-electron chi connectivity index (χ3n) is 2.89. The summed E-state index contributed by atoms with van der Waals surface area (Å²) in [6.07, 6.45) is 1.72. The lowest BCUT2D eigenvalue weighted by molar-refractivity contribution is -0.150. The number of carbonyl (C=O) groups excluding carboxylic acids is 3. The van der Waals surface area contributed by atoms with Gasteiger partial charge < -0.3 is 14.2 Å². The molecular weight excluding hydrogens is 322 g/mol. The van der Waals surface area contributed by atoms with Crippen molar-refractivity contribution in [2.45, 2.75) is 39.7 Å². The average molecular weight is 349 g/mol. The fourth-order valence-corrected chi connectivity index (χ4v) is 2.35. The molecule has 0 aromatic rings. The fourth-order valence-electron chi connectivity index (χ4n) is 1.89. The first-order valence-corrected chi connectivity index (χ1v) is 9.15. The van der Waals surface area contributed by atoms with Gasteiger partial charge in [0.25, 0.3) is 0 Å². The molecule has 7 nitrogen and oxygen atoms in total. The van der Waals surface area contributed by atoms with Crippen LogP contribution in [0, 0.1) is 0 Å². The summed E-state index contributed by atoms with van der Waals surface area (Å²) >= 11 is 1.56. The van der Waals surface area contributed by atoms with Crippen molar-refractivity contribution in [2.75, 3.05) is 38.4 Å². The van der Waals surface area contributed by atoms with Crippen LogP contribution in [0.1, 0.15) is 33.6 Å². The first-order chi connectivity index (χ1) is 11.0. The standard InChI is InChI=1S/C15H27NO6S/c1-5-20-13(17)8-10-16(15(19)22-7-3)12(9-11-23-4)14(18)21-6-2/h12H,5-11H2,1-4H3. The van der Waals surface area contributed by atoms with E-state index < -0.39 is 24.1 Å². The number of hydrogen-bond acceptors (Lipinski definition) is 7. The molecule has 0 heterocycles. The maximum Gasteiger partial charge on any atom is 0.410 e. The van der Waals surface area contributed by atoms with E-state index in [0.717, 1.165) is 0 Å². The first kappa shape index (κ1) is 21.6. The zero-order valence-corrected chi connectivity index (χ0v) is 15.1. The minimum Gasteiger partial charge on any atom is -0.466 e. The molecule has 134 valence electrons. The number of amides is 1. The molecule has 23 heavy (non-hydrogen) atoms. The molecule has 0 bridgehead atoms. The van der Waals surface area contributed by atoms with Gasteiger partial charge in [-0.15, -0.1) is 0 Å².